The van der Waals surface area contributed by atoms with Gasteiger partial charge in [0.2, 0.25) is 0 Å². The van der Waals surface area contributed by atoms with E-state index in [0.717, 1.165) is 32.9 Å². The number of fused-ring (bicyclic) bond motifs is 3. The monoisotopic (exact) mass is 336 g/mol. The van der Waals surface area contributed by atoms with E-state index in [4.69, 9.17) is 16.3 Å². The van der Waals surface area contributed by atoms with E-state index in [9.17, 15) is 4.79 Å². The Labute approximate surface area is 143 Å². The molecule has 0 unspecified atom stereocenters. The molecule has 0 bridgehead atoms. The molecule has 1 N–H and O–H groups in total. The van der Waals surface area contributed by atoms with E-state index >= 15 is 0 Å². The fourth-order valence-corrected chi connectivity index (χ4v) is 3.17. The van der Waals surface area contributed by atoms with E-state index in [-0.39, 0.29) is 5.69 Å². The summed E-state index contributed by atoms with van der Waals surface area (Å²) in [6, 6.07) is 15.3. The third-order valence-corrected chi connectivity index (χ3v) is 4.28. The van der Waals surface area contributed by atoms with Gasteiger partial charge in [-0.2, -0.15) is 0 Å². The van der Waals surface area contributed by atoms with Gasteiger partial charge in [-0.1, -0.05) is 41.9 Å². The third-order valence-electron chi connectivity index (χ3n) is 4.04. The van der Waals surface area contributed by atoms with Crippen LogP contribution in [0.1, 0.15) is 10.5 Å². The minimum Gasteiger partial charge on any atom is -0.464 e. The highest BCUT2D eigenvalue weighted by atomic mass is 35.5. The number of nitrogens with one attached hydrogen (secondary N) is 1. The van der Waals surface area contributed by atoms with Gasteiger partial charge in [-0.15, -0.1) is 0 Å². The Balaban J connectivity index is 2.19. The number of halogens is 1. The van der Waals surface area contributed by atoms with Crippen molar-refractivity contribution in [3.63, 3.8) is 0 Å². The molecule has 0 aliphatic heterocycles. The summed E-state index contributed by atoms with van der Waals surface area (Å²) in [5.74, 6) is -0.466. The molecule has 0 fully saturated rings. The molecule has 2 aromatic carbocycles. The molecule has 0 aliphatic carbocycles. The second-order valence-corrected chi connectivity index (χ2v) is 5.88. The summed E-state index contributed by atoms with van der Waals surface area (Å²) in [6.07, 6.45) is 1.65. The van der Waals surface area contributed by atoms with Gasteiger partial charge in [0.1, 0.15) is 0 Å². The lowest BCUT2D eigenvalue weighted by Gasteiger charge is -2.09. The Morgan fingerprint density at radius 2 is 1.92 bits per heavy atom. The number of H-pyrrole nitrogens is 1. The number of nitrogens with zero attached hydrogens (tertiary/aromatic N) is 1. The second-order valence-electron chi connectivity index (χ2n) is 5.44. The Kier molecular flexibility index (Phi) is 3.47. The number of rotatable bonds is 2. The van der Waals surface area contributed by atoms with Crippen LogP contribution in [-0.4, -0.2) is 23.0 Å². The standard InChI is InChI=1S/C19H13ClN2O2/c1-24-19(23)18-16(11-5-3-2-4-6-11)17-13-9-12(20)7-8-14(13)22-15(17)10-21-18/h2-10,22H,1H3. The number of carbonyl (C=O) groups is 1. The van der Waals surface area contributed by atoms with Gasteiger partial charge in [0.15, 0.2) is 5.69 Å². The third kappa shape index (κ3) is 2.23. The maximum atomic E-state index is 12.3. The molecule has 4 aromatic rings. The van der Waals surface area contributed by atoms with Gasteiger partial charge in [-0.05, 0) is 23.8 Å². The van der Waals surface area contributed by atoms with E-state index in [2.05, 4.69) is 9.97 Å². The summed E-state index contributed by atoms with van der Waals surface area (Å²) in [4.78, 5) is 19.9. The molecule has 24 heavy (non-hydrogen) atoms. The Hall–Kier alpha value is -2.85. The van der Waals surface area contributed by atoms with Gasteiger partial charge in [0.25, 0.3) is 0 Å². The first-order valence-corrected chi connectivity index (χ1v) is 7.80. The summed E-state index contributed by atoms with van der Waals surface area (Å²) < 4.78 is 4.92. The molecule has 0 aliphatic rings. The van der Waals surface area contributed by atoms with Gasteiger partial charge in [-0.3, -0.25) is 0 Å². The molecule has 4 rings (SSSR count). The zero-order valence-electron chi connectivity index (χ0n) is 12.8. The van der Waals surface area contributed by atoms with Crippen molar-refractivity contribution in [2.45, 2.75) is 0 Å². The van der Waals surface area contributed by atoms with Crippen LogP contribution in [0, 0.1) is 0 Å². The first-order chi connectivity index (χ1) is 11.7. The van der Waals surface area contributed by atoms with Crippen LogP contribution in [0.25, 0.3) is 32.9 Å². The van der Waals surface area contributed by atoms with Gasteiger partial charge in [-0.25, -0.2) is 9.78 Å². The lowest BCUT2D eigenvalue weighted by atomic mass is 9.98. The average Bonchev–Trinajstić information content (AvgIpc) is 2.99. The first kappa shape index (κ1) is 14.7. The highest BCUT2D eigenvalue weighted by Crippen LogP contribution is 2.37. The molecule has 0 amide bonds. The van der Waals surface area contributed by atoms with Crippen molar-refractivity contribution in [2.24, 2.45) is 0 Å². The Bertz CT molecular complexity index is 1070. The molecule has 0 atom stereocenters. The van der Waals surface area contributed by atoms with Crippen molar-refractivity contribution in [3.05, 3.63) is 65.4 Å². The van der Waals surface area contributed by atoms with E-state index in [1.165, 1.54) is 7.11 Å². The molecule has 2 heterocycles. The summed E-state index contributed by atoms with van der Waals surface area (Å²) in [5, 5.41) is 2.50. The maximum Gasteiger partial charge on any atom is 0.357 e. The molecule has 0 saturated heterocycles. The van der Waals surface area contributed by atoms with Crippen molar-refractivity contribution in [1.29, 1.82) is 0 Å². The predicted octanol–water partition coefficient (Wildman–Crippen LogP) is 4.82. The lowest BCUT2D eigenvalue weighted by Crippen LogP contribution is -2.06. The number of carbonyl (C=O) groups excluding carboxylic acids is 1. The number of hydrogen-bond donors (Lipinski definition) is 1. The second kappa shape index (κ2) is 5.65. The number of aromatic amines is 1. The number of esters is 1. The molecule has 5 heteroatoms. The van der Waals surface area contributed by atoms with E-state index in [0.29, 0.717) is 5.02 Å². The molecular formula is C19H13ClN2O2. The van der Waals surface area contributed by atoms with E-state index in [1.807, 2.05) is 48.5 Å². The first-order valence-electron chi connectivity index (χ1n) is 7.42. The summed E-state index contributed by atoms with van der Waals surface area (Å²) >= 11 is 6.18. The largest absolute Gasteiger partial charge is 0.464 e. The number of methoxy groups -OCH3 is 1. The SMILES string of the molecule is COC(=O)c1ncc2[nH]c3ccc(Cl)cc3c2c1-c1ccccc1. The quantitative estimate of drug-likeness (QED) is 0.534. The highest BCUT2D eigenvalue weighted by Gasteiger charge is 2.21. The average molecular weight is 337 g/mol. The van der Waals surface area contributed by atoms with Crippen LogP contribution in [0.15, 0.2) is 54.7 Å². The number of hydrogen-bond acceptors (Lipinski definition) is 3. The molecule has 0 radical (unpaired) electrons. The summed E-state index contributed by atoms with van der Waals surface area (Å²) in [5.41, 5.74) is 3.72. The Morgan fingerprint density at radius 1 is 1.12 bits per heavy atom. The van der Waals surface area contributed by atoms with Gasteiger partial charge < -0.3 is 9.72 Å². The van der Waals surface area contributed by atoms with Crippen LogP contribution < -0.4 is 0 Å². The van der Waals surface area contributed by atoms with Crippen LogP contribution >= 0.6 is 11.6 Å². The van der Waals surface area contributed by atoms with Crippen molar-refractivity contribution in [2.75, 3.05) is 7.11 Å². The van der Waals surface area contributed by atoms with Gasteiger partial charge in [0.05, 0.1) is 18.8 Å². The number of benzene rings is 2. The molecule has 4 nitrogen and oxygen atoms in total. The van der Waals surface area contributed by atoms with Crippen LogP contribution in [0.2, 0.25) is 5.02 Å². The Morgan fingerprint density at radius 3 is 2.67 bits per heavy atom. The van der Waals surface area contributed by atoms with Crippen LogP contribution in [0.3, 0.4) is 0 Å². The summed E-state index contributed by atoms with van der Waals surface area (Å²) in [6.45, 7) is 0. The smallest absolute Gasteiger partial charge is 0.357 e. The lowest BCUT2D eigenvalue weighted by molar-refractivity contribution is 0.0595. The molecule has 0 spiro atoms. The van der Waals surface area contributed by atoms with E-state index < -0.39 is 5.97 Å². The van der Waals surface area contributed by atoms with Gasteiger partial charge in [0, 0.05) is 26.9 Å². The highest BCUT2D eigenvalue weighted by molar-refractivity contribution is 6.32. The fraction of sp³-hybridized carbons (Fsp3) is 0.0526. The zero-order chi connectivity index (χ0) is 16.7. The van der Waals surface area contributed by atoms with E-state index in [1.54, 1.807) is 6.20 Å². The number of aromatic nitrogens is 2. The molecule has 0 saturated carbocycles. The normalized spacial score (nSPS) is 11.1. The summed E-state index contributed by atoms with van der Waals surface area (Å²) in [7, 11) is 1.36. The van der Waals surface area contributed by atoms with Crippen LogP contribution in [-0.2, 0) is 4.74 Å². The van der Waals surface area contributed by atoms with Crippen molar-refractivity contribution >= 4 is 39.4 Å². The van der Waals surface area contributed by atoms with Crippen molar-refractivity contribution in [1.82, 2.24) is 9.97 Å². The van der Waals surface area contributed by atoms with Crippen molar-refractivity contribution < 1.29 is 9.53 Å². The minimum atomic E-state index is -0.466. The maximum absolute atomic E-state index is 12.3. The topological polar surface area (TPSA) is 55.0 Å². The molecular weight excluding hydrogens is 324 g/mol. The molecule has 2 aromatic heterocycles. The zero-order valence-corrected chi connectivity index (χ0v) is 13.6. The molecule has 118 valence electrons. The fourth-order valence-electron chi connectivity index (χ4n) is 3.00. The predicted molar refractivity (Wildman–Crippen MR) is 95.4 cm³/mol. The minimum absolute atomic E-state index is 0.289. The van der Waals surface area contributed by atoms with Crippen molar-refractivity contribution in [3.8, 4) is 11.1 Å². The van der Waals surface area contributed by atoms with Crippen LogP contribution in [0.5, 0.6) is 0 Å². The van der Waals surface area contributed by atoms with Gasteiger partial charge >= 0.3 is 5.97 Å². The number of ether oxygens (including phenoxy) is 1. The van der Waals surface area contributed by atoms with Crippen LogP contribution in [0.4, 0.5) is 0 Å². The number of pyridine rings is 1.